The predicted octanol–water partition coefficient (Wildman–Crippen LogP) is 5.53. The van der Waals surface area contributed by atoms with Crippen molar-refractivity contribution in [1.82, 2.24) is 19.7 Å². The normalized spacial score (nSPS) is 13.8. The fraction of sp³-hybridized carbons (Fsp3) is 0.321. The zero-order valence-electron chi connectivity index (χ0n) is 23.2. The lowest BCUT2D eigenvalue weighted by atomic mass is 10.1. The van der Waals surface area contributed by atoms with Gasteiger partial charge in [0, 0.05) is 55.2 Å². The zero-order valence-corrected chi connectivity index (χ0v) is 25.7. The van der Waals surface area contributed by atoms with Gasteiger partial charge in [0.1, 0.15) is 18.7 Å². The molecule has 10 nitrogen and oxygen atoms in total. The van der Waals surface area contributed by atoms with Crippen LogP contribution in [0.25, 0.3) is 11.1 Å². The lowest BCUT2D eigenvalue weighted by Gasteiger charge is -2.30. The molecule has 0 atom stereocenters. The van der Waals surface area contributed by atoms with Crippen LogP contribution in [0, 0.1) is 6.92 Å². The predicted molar refractivity (Wildman–Crippen MR) is 165 cm³/mol. The van der Waals surface area contributed by atoms with E-state index in [-0.39, 0.29) is 0 Å². The SMILES string of the molecule is COc1cc(Nc2ncc(Br)c(Nc3ccc(-c4cnn(C)c4)cc3P(C)(C)=O)n2)c(C)cc1N1CCOCC1. The van der Waals surface area contributed by atoms with E-state index in [2.05, 4.69) is 47.6 Å². The summed E-state index contributed by atoms with van der Waals surface area (Å²) >= 11 is 3.56. The monoisotopic (exact) mass is 625 g/mol. The molecule has 0 amide bonds. The van der Waals surface area contributed by atoms with E-state index in [9.17, 15) is 4.57 Å². The van der Waals surface area contributed by atoms with Gasteiger partial charge in [0.25, 0.3) is 0 Å². The molecular formula is C28H33BrN7O3P. The highest BCUT2D eigenvalue weighted by Crippen LogP contribution is 2.41. The number of ether oxygens (including phenoxy) is 2. The Balaban J connectivity index is 1.43. The summed E-state index contributed by atoms with van der Waals surface area (Å²) in [6.45, 7) is 8.61. The number of aromatic nitrogens is 4. The van der Waals surface area contributed by atoms with Crippen LogP contribution in [0.1, 0.15) is 5.56 Å². The molecule has 40 heavy (non-hydrogen) atoms. The first-order valence-electron chi connectivity index (χ1n) is 12.9. The number of nitrogens with one attached hydrogen (secondary N) is 2. The Morgan fingerprint density at radius 3 is 2.50 bits per heavy atom. The highest BCUT2D eigenvalue weighted by Gasteiger charge is 2.20. The maximum absolute atomic E-state index is 13.3. The average Bonchev–Trinajstić information content (AvgIpc) is 3.37. The molecule has 0 bridgehead atoms. The maximum Gasteiger partial charge on any atom is 0.229 e. The summed E-state index contributed by atoms with van der Waals surface area (Å²) in [5.74, 6) is 1.74. The Hall–Kier alpha value is -3.40. The highest BCUT2D eigenvalue weighted by molar-refractivity contribution is 9.10. The van der Waals surface area contributed by atoms with E-state index in [4.69, 9.17) is 14.5 Å². The third-order valence-electron chi connectivity index (χ3n) is 6.74. The van der Waals surface area contributed by atoms with E-state index in [0.29, 0.717) is 29.5 Å². The highest BCUT2D eigenvalue weighted by atomic mass is 79.9. The quantitative estimate of drug-likeness (QED) is 0.244. The fourth-order valence-electron chi connectivity index (χ4n) is 4.62. The van der Waals surface area contributed by atoms with Crippen LogP contribution < -0.4 is 25.6 Å². The molecule has 1 aliphatic heterocycles. The molecule has 0 spiro atoms. The van der Waals surface area contributed by atoms with Crippen molar-refractivity contribution in [2.24, 2.45) is 7.05 Å². The minimum atomic E-state index is -2.64. The Bertz CT molecular complexity index is 1580. The van der Waals surface area contributed by atoms with Crippen LogP contribution in [-0.2, 0) is 16.3 Å². The third-order valence-corrected chi connectivity index (χ3v) is 8.85. The maximum atomic E-state index is 13.3. The fourth-order valence-corrected chi connectivity index (χ4v) is 6.07. The number of hydrogen-bond acceptors (Lipinski definition) is 9. The number of anilines is 5. The summed E-state index contributed by atoms with van der Waals surface area (Å²) in [5, 5.41) is 11.7. The summed E-state index contributed by atoms with van der Waals surface area (Å²) in [4.78, 5) is 11.5. The van der Waals surface area contributed by atoms with Crippen molar-refractivity contribution in [3.63, 3.8) is 0 Å². The topological polar surface area (TPSA) is 106 Å². The standard InChI is InChI=1S/C28H33BrN7O3P/c1-18-12-24(36-8-10-39-11-9-36)25(38-3)14-23(18)33-28-30-16-21(29)27(34-28)32-22-7-6-19(13-26(22)40(4,5)37)20-15-31-35(2)17-20/h6-7,12-17H,8-11H2,1-5H3,(H2,30,32,33,34). The van der Waals surface area contributed by atoms with Crippen LogP contribution in [-0.4, -0.2) is 66.5 Å². The lowest BCUT2D eigenvalue weighted by molar-refractivity contribution is 0.122. The Labute approximate surface area is 242 Å². The van der Waals surface area contributed by atoms with E-state index in [0.717, 1.165) is 57.9 Å². The van der Waals surface area contributed by atoms with E-state index >= 15 is 0 Å². The van der Waals surface area contributed by atoms with Crippen molar-refractivity contribution in [2.45, 2.75) is 6.92 Å². The molecule has 2 aromatic heterocycles. The molecule has 0 radical (unpaired) electrons. The number of methoxy groups -OCH3 is 1. The molecule has 2 N–H and O–H groups in total. The Kier molecular flexibility index (Phi) is 8.16. The molecule has 1 aliphatic rings. The number of hydrogen-bond donors (Lipinski definition) is 2. The molecule has 4 aromatic rings. The van der Waals surface area contributed by atoms with Crippen molar-refractivity contribution in [3.05, 3.63) is 59.0 Å². The van der Waals surface area contributed by atoms with Crippen LogP contribution in [0.4, 0.5) is 28.8 Å². The molecule has 1 fully saturated rings. The first kappa shape index (κ1) is 28.1. The molecule has 5 rings (SSSR count). The van der Waals surface area contributed by atoms with Gasteiger partial charge < -0.3 is 29.6 Å². The van der Waals surface area contributed by atoms with Crippen molar-refractivity contribution >= 4 is 57.2 Å². The molecule has 3 heterocycles. The third kappa shape index (κ3) is 6.16. The Morgan fingerprint density at radius 1 is 1.05 bits per heavy atom. The average molecular weight is 626 g/mol. The summed E-state index contributed by atoms with van der Waals surface area (Å²) in [6.07, 6.45) is 5.42. The van der Waals surface area contributed by atoms with Gasteiger partial charge in [0.15, 0.2) is 0 Å². The summed E-state index contributed by atoms with van der Waals surface area (Å²) in [6, 6.07) is 9.95. The summed E-state index contributed by atoms with van der Waals surface area (Å²) in [5.41, 5.74) is 5.55. The van der Waals surface area contributed by atoms with Crippen molar-refractivity contribution in [1.29, 1.82) is 0 Å². The number of halogens is 1. The van der Waals surface area contributed by atoms with E-state index in [1.807, 2.05) is 44.4 Å². The molecule has 0 saturated carbocycles. The van der Waals surface area contributed by atoms with Crippen molar-refractivity contribution in [2.75, 3.05) is 62.3 Å². The second-order valence-corrected chi connectivity index (χ2v) is 14.1. The van der Waals surface area contributed by atoms with Gasteiger partial charge in [0.2, 0.25) is 5.95 Å². The number of rotatable bonds is 8. The minimum Gasteiger partial charge on any atom is -0.495 e. The van der Waals surface area contributed by atoms with Gasteiger partial charge in [-0.25, -0.2) is 4.98 Å². The van der Waals surface area contributed by atoms with Crippen LogP contribution >= 0.6 is 23.1 Å². The molecule has 1 saturated heterocycles. The smallest absolute Gasteiger partial charge is 0.229 e. The molecule has 0 aliphatic carbocycles. The number of nitrogens with zero attached hydrogens (tertiary/aromatic N) is 5. The van der Waals surface area contributed by atoms with Crippen LogP contribution in [0.5, 0.6) is 5.75 Å². The van der Waals surface area contributed by atoms with Crippen molar-refractivity contribution in [3.8, 4) is 16.9 Å². The summed E-state index contributed by atoms with van der Waals surface area (Å²) in [7, 11) is 0.912. The van der Waals surface area contributed by atoms with E-state index < -0.39 is 7.14 Å². The van der Waals surface area contributed by atoms with Gasteiger partial charge >= 0.3 is 0 Å². The second kappa shape index (κ2) is 11.6. The molecule has 12 heteroatoms. The van der Waals surface area contributed by atoms with Gasteiger partial charge in [-0.3, -0.25) is 4.68 Å². The minimum absolute atomic E-state index is 0.416. The largest absolute Gasteiger partial charge is 0.495 e. The van der Waals surface area contributed by atoms with Crippen LogP contribution in [0.15, 0.2) is 53.4 Å². The molecule has 0 unspecified atom stereocenters. The van der Waals surface area contributed by atoms with Gasteiger partial charge in [-0.1, -0.05) is 6.07 Å². The second-order valence-electron chi connectivity index (χ2n) is 10.1. The van der Waals surface area contributed by atoms with Crippen LogP contribution in [0.3, 0.4) is 0 Å². The lowest BCUT2D eigenvalue weighted by Crippen LogP contribution is -2.36. The van der Waals surface area contributed by atoms with Crippen molar-refractivity contribution < 1.29 is 14.0 Å². The number of benzene rings is 2. The zero-order chi connectivity index (χ0) is 28.4. The first-order valence-corrected chi connectivity index (χ1v) is 16.3. The van der Waals surface area contributed by atoms with Gasteiger partial charge in [-0.05, 0) is 65.5 Å². The first-order chi connectivity index (χ1) is 19.1. The summed E-state index contributed by atoms with van der Waals surface area (Å²) < 4.78 is 27.0. The number of aryl methyl sites for hydroxylation is 2. The molecule has 2 aromatic carbocycles. The van der Waals surface area contributed by atoms with E-state index in [1.54, 1.807) is 37.5 Å². The van der Waals surface area contributed by atoms with Gasteiger partial charge in [0.05, 0.1) is 42.4 Å². The van der Waals surface area contributed by atoms with Gasteiger partial charge in [-0.2, -0.15) is 10.1 Å². The molecule has 210 valence electrons. The molecular weight excluding hydrogens is 593 g/mol. The van der Waals surface area contributed by atoms with E-state index in [1.165, 1.54) is 0 Å². The number of morpholine rings is 1. The Morgan fingerprint density at radius 2 is 1.82 bits per heavy atom. The van der Waals surface area contributed by atoms with Crippen LogP contribution in [0.2, 0.25) is 0 Å². The van der Waals surface area contributed by atoms with Gasteiger partial charge in [-0.15, -0.1) is 0 Å².